The molecule has 4 heteroatoms. The molecule has 0 aliphatic carbocycles. The molecule has 1 atom stereocenters. The van der Waals surface area contributed by atoms with Gasteiger partial charge in [0.05, 0.1) is 5.69 Å². The van der Waals surface area contributed by atoms with Crippen LogP contribution in [0, 0.1) is 0 Å². The van der Waals surface area contributed by atoms with Crippen molar-refractivity contribution >= 4 is 0 Å². The van der Waals surface area contributed by atoms with Crippen molar-refractivity contribution in [1.29, 1.82) is 0 Å². The van der Waals surface area contributed by atoms with E-state index in [0.29, 0.717) is 0 Å². The van der Waals surface area contributed by atoms with Crippen LogP contribution in [0.2, 0.25) is 0 Å². The third-order valence-electron chi connectivity index (χ3n) is 3.21. The second-order valence-corrected chi connectivity index (χ2v) is 4.51. The van der Waals surface area contributed by atoms with Crippen molar-refractivity contribution in [2.45, 2.75) is 25.4 Å². The molecule has 0 fully saturated rings. The summed E-state index contributed by atoms with van der Waals surface area (Å²) in [6, 6.07) is 7.49. The van der Waals surface area contributed by atoms with Crippen LogP contribution in [-0.2, 0) is 13.0 Å². The number of aryl methyl sites for hydroxylation is 1. The van der Waals surface area contributed by atoms with Gasteiger partial charge in [-0.3, -0.25) is 0 Å². The van der Waals surface area contributed by atoms with Gasteiger partial charge in [0, 0.05) is 30.8 Å². The highest BCUT2D eigenvalue weighted by atomic mass is 16.3. The molecule has 3 rings (SSSR count). The number of imidazole rings is 1. The predicted molar refractivity (Wildman–Crippen MR) is 65.6 cm³/mol. The van der Waals surface area contributed by atoms with Gasteiger partial charge in [0.1, 0.15) is 11.6 Å². The maximum absolute atomic E-state index is 9.80. The van der Waals surface area contributed by atoms with E-state index in [2.05, 4.69) is 9.55 Å². The number of aromatic nitrogens is 2. The van der Waals surface area contributed by atoms with Crippen molar-refractivity contribution < 1.29 is 5.11 Å². The van der Waals surface area contributed by atoms with Crippen LogP contribution in [0.5, 0.6) is 5.75 Å². The van der Waals surface area contributed by atoms with Crippen LogP contribution in [0.3, 0.4) is 0 Å². The third kappa shape index (κ3) is 1.80. The summed E-state index contributed by atoms with van der Waals surface area (Å²) in [6.45, 7) is 0.815. The minimum Gasteiger partial charge on any atom is -0.507 e. The van der Waals surface area contributed by atoms with Crippen LogP contribution >= 0.6 is 0 Å². The summed E-state index contributed by atoms with van der Waals surface area (Å²) in [4.78, 5) is 4.56. The molecule has 2 heterocycles. The second-order valence-electron chi connectivity index (χ2n) is 4.51. The van der Waals surface area contributed by atoms with E-state index in [-0.39, 0.29) is 11.8 Å². The molecular weight excluding hydrogens is 214 g/mol. The highest BCUT2D eigenvalue weighted by Gasteiger charge is 2.18. The fourth-order valence-corrected chi connectivity index (χ4v) is 2.29. The van der Waals surface area contributed by atoms with E-state index in [0.717, 1.165) is 36.5 Å². The average Bonchev–Trinajstić information content (AvgIpc) is 2.72. The number of aromatic hydroxyl groups is 1. The van der Waals surface area contributed by atoms with Gasteiger partial charge in [0.25, 0.3) is 0 Å². The summed E-state index contributed by atoms with van der Waals surface area (Å²) < 4.78 is 2.09. The first-order valence-corrected chi connectivity index (χ1v) is 5.84. The molecule has 1 unspecified atom stereocenters. The van der Waals surface area contributed by atoms with Gasteiger partial charge in [0.15, 0.2) is 0 Å². The van der Waals surface area contributed by atoms with E-state index >= 15 is 0 Å². The van der Waals surface area contributed by atoms with Gasteiger partial charge in [-0.1, -0.05) is 12.1 Å². The van der Waals surface area contributed by atoms with E-state index in [4.69, 9.17) is 5.73 Å². The van der Waals surface area contributed by atoms with Gasteiger partial charge in [-0.2, -0.15) is 0 Å². The Hall–Kier alpha value is -1.81. The van der Waals surface area contributed by atoms with Gasteiger partial charge in [0.2, 0.25) is 0 Å². The lowest BCUT2D eigenvalue weighted by Gasteiger charge is -2.19. The highest BCUT2D eigenvalue weighted by molar-refractivity contribution is 5.66. The van der Waals surface area contributed by atoms with Gasteiger partial charge in [-0.05, 0) is 18.6 Å². The molecule has 1 aromatic carbocycles. The molecule has 1 aliphatic rings. The molecule has 4 nitrogen and oxygen atoms in total. The maximum atomic E-state index is 9.80. The van der Waals surface area contributed by atoms with Crippen LogP contribution in [0.1, 0.15) is 12.2 Å². The zero-order valence-corrected chi connectivity index (χ0v) is 9.50. The van der Waals surface area contributed by atoms with Crippen LogP contribution in [0.15, 0.2) is 30.5 Å². The number of phenolic OH excluding ortho intramolecular Hbond substituents is 1. The minimum atomic E-state index is 0.217. The van der Waals surface area contributed by atoms with Crippen LogP contribution in [0.25, 0.3) is 11.3 Å². The Morgan fingerprint density at radius 1 is 1.35 bits per heavy atom. The van der Waals surface area contributed by atoms with Gasteiger partial charge in [-0.15, -0.1) is 0 Å². The topological polar surface area (TPSA) is 64.1 Å². The summed E-state index contributed by atoms with van der Waals surface area (Å²) in [6.07, 6.45) is 3.87. The number of rotatable bonds is 1. The van der Waals surface area contributed by atoms with Crippen LogP contribution < -0.4 is 5.73 Å². The minimum absolute atomic E-state index is 0.217. The quantitative estimate of drug-likeness (QED) is 0.779. The van der Waals surface area contributed by atoms with Gasteiger partial charge >= 0.3 is 0 Å². The number of benzene rings is 1. The molecule has 0 amide bonds. The van der Waals surface area contributed by atoms with Gasteiger partial charge in [-0.25, -0.2) is 4.98 Å². The Morgan fingerprint density at radius 2 is 2.18 bits per heavy atom. The van der Waals surface area contributed by atoms with Crippen molar-refractivity contribution in [3.05, 3.63) is 36.3 Å². The van der Waals surface area contributed by atoms with Crippen LogP contribution in [0.4, 0.5) is 0 Å². The zero-order chi connectivity index (χ0) is 11.8. The normalized spacial score (nSPS) is 19.0. The summed E-state index contributed by atoms with van der Waals surface area (Å²) in [5.74, 6) is 1.33. The number of fused-ring (bicyclic) bond motifs is 1. The fraction of sp³-hybridized carbons (Fsp3) is 0.308. The first-order chi connectivity index (χ1) is 8.24. The Morgan fingerprint density at radius 3 is 3.00 bits per heavy atom. The summed E-state index contributed by atoms with van der Waals surface area (Å²) in [7, 11) is 0. The number of phenols is 1. The number of para-hydroxylation sites is 1. The Bertz CT molecular complexity index is 547. The highest BCUT2D eigenvalue weighted by Crippen LogP contribution is 2.29. The molecular formula is C13H15N3O. The average molecular weight is 229 g/mol. The van der Waals surface area contributed by atoms with E-state index in [1.807, 2.05) is 24.4 Å². The zero-order valence-electron chi connectivity index (χ0n) is 9.50. The maximum Gasteiger partial charge on any atom is 0.125 e. The second kappa shape index (κ2) is 3.89. The SMILES string of the molecule is NC1CCc2nc(-c3ccccc3O)cn2C1. The van der Waals surface area contributed by atoms with Crippen molar-refractivity contribution in [3.8, 4) is 17.0 Å². The molecule has 0 spiro atoms. The first kappa shape index (κ1) is 10.4. The number of hydrogen-bond donors (Lipinski definition) is 2. The number of hydrogen-bond acceptors (Lipinski definition) is 3. The van der Waals surface area contributed by atoms with Crippen molar-refractivity contribution in [3.63, 3.8) is 0 Å². The largest absolute Gasteiger partial charge is 0.507 e. The Kier molecular flexibility index (Phi) is 2.37. The molecule has 2 aromatic rings. The van der Waals surface area contributed by atoms with E-state index in [9.17, 15) is 5.11 Å². The molecule has 0 saturated carbocycles. The van der Waals surface area contributed by atoms with E-state index < -0.39 is 0 Å². The number of nitrogens with zero attached hydrogens (tertiary/aromatic N) is 2. The van der Waals surface area contributed by atoms with E-state index in [1.165, 1.54) is 0 Å². The lowest BCUT2D eigenvalue weighted by atomic mass is 10.1. The molecule has 0 saturated heterocycles. The summed E-state index contributed by atoms with van der Waals surface area (Å²) >= 11 is 0. The Balaban J connectivity index is 2.03. The Labute approximate surface area is 99.7 Å². The van der Waals surface area contributed by atoms with Crippen molar-refractivity contribution in [1.82, 2.24) is 9.55 Å². The molecule has 1 aromatic heterocycles. The first-order valence-electron chi connectivity index (χ1n) is 5.84. The molecule has 0 radical (unpaired) electrons. The molecule has 0 bridgehead atoms. The predicted octanol–water partition coefficient (Wildman–Crippen LogP) is 1.53. The van der Waals surface area contributed by atoms with E-state index in [1.54, 1.807) is 6.07 Å². The van der Waals surface area contributed by atoms with Gasteiger partial charge < -0.3 is 15.4 Å². The molecule has 3 N–H and O–H groups in total. The molecule has 88 valence electrons. The van der Waals surface area contributed by atoms with Crippen molar-refractivity contribution in [2.24, 2.45) is 5.73 Å². The number of nitrogens with two attached hydrogens (primary N) is 1. The standard InChI is InChI=1S/C13H15N3O/c14-9-5-6-13-15-11(8-16(13)7-9)10-3-1-2-4-12(10)17/h1-4,8-9,17H,5-7,14H2. The van der Waals surface area contributed by atoms with Crippen molar-refractivity contribution in [2.75, 3.05) is 0 Å². The van der Waals surface area contributed by atoms with Crippen LogP contribution in [-0.4, -0.2) is 20.7 Å². The third-order valence-corrected chi connectivity index (χ3v) is 3.21. The molecule has 17 heavy (non-hydrogen) atoms. The summed E-state index contributed by atoms with van der Waals surface area (Å²) in [5.41, 5.74) is 7.54. The molecule has 1 aliphatic heterocycles. The monoisotopic (exact) mass is 229 g/mol. The lowest BCUT2D eigenvalue weighted by molar-refractivity contribution is 0.453. The fourth-order valence-electron chi connectivity index (χ4n) is 2.29. The lowest BCUT2D eigenvalue weighted by Crippen LogP contribution is -2.31. The summed E-state index contributed by atoms with van der Waals surface area (Å²) in [5, 5.41) is 9.80. The smallest absolute Gasteiger partial charge is 0.125 e.